The van der Waals surface area contributed by atoms with Crippen LogP contribution < -0.4 is 4.74 Å². The smallest absolute Gasteiger partial charge is 0.138 e. The second-order valence-corrected chi connectivity index (χ2v) is 4.29. The van der Waals surface area contributed by atoms with Gasteiger partial charge in [0.25, 0.3) is 0 Å². The van der Waals surface area contributed by atoms with Gasteiger partial charge in [-0.1, -0.05) is 18.2 Å². The average Bonchev–Trinajstić information content (AvgIpc) is 2.40. The number of hydrogen-bond acceptors (Lipinski definition) is 3. The number of nitrogens with zero attached hydrogens (tertiary/aromatic N) is 1. The maximum absolute atomic E-state index is 5.92. The van der Waals surface area contributed by atoms with Crippen molar-refractivity contribution in [3.8, 4) is 5.75 Å². The van der Waals surface area contributed by atoms with Crippen LogP contribution in [0.25, 0.3) is 10.9 Å². The lowest BCUT2D eigenvalue weighted by Gasteiger charge is -2.23. The van der Waals surface area contributed by atoms with Gasteiger partial charge in [0.2, 0.25) is 0 Å². The zero-order chi connectivity index (χ0) is 11.5. The predicted octanol–water partition coefficient (Wildman–Crippen LogP) is 2.79. The van der Waals surface area contributed by atoms with E-state index in [1.165, 1.54) is 0 Å². The molecule has 0 saturated carbocycles. The van der Waals surface area contributed by atoms with Gasteiger partial charge in [-0.15, -0.1) is 0 Å². The van der Waals surface area contributed by atoms with Gasteiger partial charge in [0.1, 0.15) is 11.9 Å². The fraction of sp³-hybridized carbons (Fsp3) is 0.357. The lowest BCUT2D eigenvalue weighted by molar-refractivity contribution is 0.0255. The van der Waals surface area contributed by atoms with Crippen LogP contribution in [0.1, 0.15) is 12.8 Å². The summed E-state index contributed by atoms with van der Waals surface area (Å²) in [4.78, 5) is 4.39. The molecule has 1 aromatic carbocycles. The van der Waals surface area contributed by atoms with Crippen molar-refractivity contribution in [1.82, 2.24) is 4.98 Å². The molecule has 0 radical (unpaired) electrons. The Morgan fingerprint density at radius 2 is 2.00 bits per heavy atom. The van der Waals surface area contributed by atoms with E-state index >= 15 is 0 Å². The fourth-order valence-electron chi connectivity index (χ4n) is 2.10. The summed E-state index contributed by atoms with van der Waals surface area (Å²) in [5.74, 6) is 0.857. The van der Waals surface area contributed by atoms with E-state index in [9.17, 15) is 0 Å². The van der Waals surface area contributed by atoms with Gasteiger partial charge in [0, 0.05) is 18.2 Å². The van der Waals surface area contributed by atoms with Crippen LogP contribution in [-0.2, 0) is 4.74 Å². The van der Waals surface area contributed by atoms with Crippen molar-refractivity contribution in [1.29, 1.82) is 0 Å². The maximum atomic E-state index is 5.92. The molecule has 0 unspecified atom stereocenters. The molecule has 2 aromatic rings. The molecule has 1 aliphatic heterocycles. The highest BCUT2D eigenvalue weighted by molar-refractivity contribution is 5.79. The van der Waals surface area contributed by atoms with Crippen molar-refractivity contribution in [2.75, 3.05) is 13.2 Å². The number of aromatic nitrogens is 1. The fourth-order valence-corrected chi connectivity index (χ4v) is 2.10. The normalized spacial score (nSPS) is 17.2. The van der Waals surface area contributed by atoms with Crippen LogP contribution >= 0.6 is 0 Å². The molecule has 1 fully saturated rings. The molecule has 3 heteroatoms. The number of ether oxygens (including phenoxy) is 2. The molecule has 0 N–H and O–H groups in total. The molecule has 1 saturated heterocycles. The Kier molecular flexibility index (Phi) is 2.92. The summed E-state index contributed by atoms with van der Waals surface area (Å²) >= 11 is 0. The Morgan fingerprint density at radius 3 is 2.88 bits per heavy atom. The molecule has 3 nitrogen and oxygen atoms in total. The third-order valence-electron chi connectivity index (χ3n) is 3.04. The lowest BCUT2D eigenvalue weighted by atomic mass is 10.1. The second kappa shape index (κ2) is 4.72. The first-order chi connectivity index (χ1) is 8.42. The van der Waals surface area contributed by atoms with Crippen LogP contribution in [0.3, 0.4) is 0 Å². The Hall–Kier alpha value is -1.61. The van der Waals surface area contributed by atoms with Gasteiger partial charge < -0.3 is 9.47 Å². The van der Waals surface area contributed by atoms with Crippen molar-refractivity contribution in [2.24, 2.45) is 0 Å². The minimum atomic E-state index is 0.270. The van der Waals surface area contributed by atoms with E-state index in [1.54, 1.807) is 6.20 Å². The van der Waals surface area contributed by atoms with Crippen LogP contribution in [0.2, 0.25) is 0 Å². The number of pyridine rings is 1. The van der Waals surface area contributed by atoms with E-state index in [-0.39, 0.29) is 6.10 Å². The molecule has 3 rings (SSSR count). The number of fused-ring (bicyclic) bond motifs is 1. The third-order valence-corrected chi connectivity index (χ3v) is 3.04. The van der Waals surface area contributed by atoms with E-state index in [2.05, 4.69) is 17.1 Å². The van der Waals surface area contributed by atoms with Gasteiger partial charge in [0.05, 0.1) is 24.9 Å². The summed E-state index contributed by atoms with van der Waals surface area (Å²) in [5.41, 5.74) is 1.01. The van der Waals surface area contributed by atoms with Crippen molar-refractivity contribution in [3.63, 3.8) is 0 Å². The van der Waals surface area contributed by atoms with Crippen molar-refractivity contribution < 1.29 is 9.47 Å². The van der Waals surface area contributed by atoms with Gasteiger partial charge in [-0.25, -0.2) is 0 Å². The Balaban J connectivity index is 1.80. The molecule has 0 spiro atoms. The summed E-state index contributed by atoms with van der Waals surface area (Å²) in [6.07, 6.45) is 4.00. The molecule has 17 heavy (non-hydrogen) atoms. The molecule has 0 atom stereocenters. The second-order valence-electron chi connectivity index (χ2n) is 4.29. The van der Waals surface area contributed by atoms with E-state index in [1.807, 2.05) is 18.2 Å². The Labute approximate surface area is 100 Å². The third kappa shape index (κ3) is 2.39. The first-order valence-corrected chi connectivity index (χ1v) is 6.01. The van der Waals surface area contributed by atoms with Crippen molar-refractivity contribution >= 4 is 10.9 Å². The van der Waals surface area contributed by atoms with Crippen LogP contribution in [0.5, 0.6) is 5.75 Å². The summed E-state index contributed by atoms with van der Waals surface area (Å²) < 4.78 is 11.2. The molecule has 2 heterocycles. The highest BCUT2D eigenvalue weighted by Crippen LogP contribution is 2.21. The van der Waals surface area contributed by atoms with Gasteiger partial charge in [-0.05, 0) is 12.1 Å². The average molecular weight is 229 g/mol. The minimum Gasteiger partial charge on any atom is -0.489 e. The molecule has 1 aromatic heterocycles. The Morgan fingerprint density at radius 1 is 1.18 bits per heavy atom. The molecule has 88 valence electrons. The molecule has 0 aliphatic carbocycles. The summed E-state index contributed by atoms with van der Waals surface area (Å²) in [5, 5.41) is 1.12. The number of hydrogen-bond donors (Lipinski definition) is 0. The van der Waals surface area contributed by atoms with Gasteiger partial charge in [0.15, 0.2) is 0 Å². The van der Waals surface area contributed by atoms with E-state index in [4.69, 9.17) is 9.47 Å². The monoisotopic (exact) mass is 229 g/mol. The summed E-state index contributed by atoms with van der Waals surface area (Å²) in [6, 6.07) is 10.1. The largest absolute Gasteiger partial charge is 0.489 e. The maximum Gasteiger partial charge on any atom is 0.138 e. The van der Waals surface area contributed by atoms with Gasteiger partial charge >= 0.3 is 0 Å². The zero-order valence-corrected chi connectivity index (χ0v) is 9.63. The minimum absolute atomic E-state index is 0.270. The molecule has 0 amide bonds. The highest BCUT2D eigenvalue weighted by atomic mass is 16.5. The predicted molar refractivity (Wildman–Crippen MR) is 66.2 cm³/mol. The van der Waals surface area contributed by atoms with Crippen LogP contribution in [0, 0.1) is 0 Å². The van der Waals surface area contributed by atoms with Crippen molar-refractivity contribution in [2.45, 2.75) is 18.9 Å². The van der Waals surface area contributed by atoms with Gasteiger partial charge in [-0.2, -0.15) is 0 Å². The standard InChI is InChI=1S/C14H15NO2/c1-2-4-14-11(3-1)9-13(10-15-14)17-12-5-7-16-8-6-12/h1-4,9-10,12H,5-8H2. The number of benzene rings is 1. The molecular formula is C14H15NO2. The SMILES string of the molecule is c1ccc2ncc(OC3CCOCC3)cc2c1. The lowest BCUT2D eigenvalue weighted by Crippen LogP contribution is -2.25. The van der Waals surface area contributed by atoms with Crippen molar-refractivity contribution in [3.05, 3.63) is 36.5 Å². The number of para-hydroxylation sites is 1. The van der Waals surface area contributed by atoms with E-state index in [0.717, 1.165) is 42.7 Å². The Bertz CT molecular complexity index is 506. The van der Waals surface area contributed by atoms with Crippen LogP contribution in [0.15, 0.2) is 36.5 Å². The summed E-state index contributed by atoms with van der Waals surface area (Å²) in [7, 11) is 0. The molecular weight excluding hydrogens is 214 g/mol. The molecule has 0 bridgehead atoms. The number of rotatable bonds is 2. The van der Waals surface area contributed by atoms with E-state index in [0.29, 0.717) is 0 Å². The van der Waals surface area contributed by atoms with E-state index < -0.39 is 0 Å². The topological polar surface area (TPSA) is 31.4 Å². The molecule has 1 aliphatic rings. The first-order valence-electron chi connectivity index (χ1n) is 6.01. The zero-order valence-electron chi connectivity index (χ0n) is 9.63. The van der Waals surface area contributed by atoms with Crippen LogP contribution in [0.4, 0.5) is 0 Å². The van der Waals surface area contributed by atoms with Gasteiger partial charge in [-0.3, -0.25) is 4.98 Å². The van der Waals surface area contributed by atoms with Crippen LogP contribution in [-0.4, -0.2) is 24.3 Å². The summed E-state index contributed by atoms with van der Waals surface area (Å²) in [6.45, 7) is 1.59. The quantitative estimate of drug-likeness (QED) is 0.793. The highest BCUT2D eigenvalue weighted by Gasteiger charge is 2.15. The first kappa shape index (κ1) is 10.5.